The highest BCUT2D eigenvalue weighted by Gasteiger charge is 2.19. The molecule has 0 aliphatic heterocycles. The van der Waals surface area contributed by atoms with Crippen molar-refractivity contribution in [3.63, 3.8) is 0 Å². The lowest BCUT2D eigenvalue weighted by atomic mass is 10.1. The van der Waals surface area contributed by atoms with Gasteiger partial charge in [0.15, 0.2) is 0 Å². The Morgan fingerprint density at radius 1 is 1.52 bits per heavy atom. The number of anilines is 1. The molecule has 0 radical (unpaired) electrons. The van der Waals surface area contributed by atoms with Crippen LogP contribution in [0.3, 0.4) is 0 Å². The van der Waals surface area contributed by atoms with Crippen LogP contribution in [0.15, 0.2) is 30.6 Å². The summed E-state index contributed by atoms with van der Waals surface area (Å²) in [6, 6.07) is 4.78. The Morgan fingerprint density at radius 3 is 2.76 bits per heavy atom. The normalized spacial score (nSPS) is 12.2. The van der Waals surface area contributed by atoms with Crippen molar-refractivity contribution in [2.75, 3.05) is 11.9 Å². The van der Waals surface area contributed by atoms with Gasteiger partial charge in [0.2, 0.25) is 0 Å². The first-order chi connectivity index (χ1) is 9.88. The number of aryl methyl sites for hydroxylation is 1. The lowest BCUT2D eigenvalue weighted by molar-refractivity contribution is -0.384. The molecule has 112 valence electrons. The van der Waals surface area contributed by atoms with Crippen LogP contribution in [0.4, 0.5) is 11.4 Å². The molecular weight excluding hydrogens is 272 g/mol. The minimum Gasteiger partial charge on any atom is -0.389 e. The number of nitrogens with zero attached hydrogens (tertiary/aromatic N) is 4. The second-order valence-corrected chi connectivity index (χ2v) is 5.06. The van der Waals surface area contributed by atoms with E-state index in [4.69, 9.17) is 0 Å². The van der Waals surface area contributed by atoms with Gasteiger partial charge in [-0.3, -0.25) is 14.8 Å². The summed E-state index contributed by atoms with van der Waals surface area (Å²) in [5, 5.41) is 24.9. The zero-order chi connectivity index (χ0) is 15.6. The minimum absolute atomic E-state index is 0.0141. The minimum atomic E-state index is -0.735. The molecule has 0 spiro atoms. The summed E-state index contributed by atoms with van der Waals surface area (Å²) in [5.74, 6) is 0. The molecular formula is C14H18N4O3. The van der Waals surface area contributed by atoms with Gasteiger partial charge in [0.1, 0.15) is 5.69 Å². The maximum atomic E-state index is 11.2. The van der Waals surface area contributed by atoms with Gasteiger partial charge < -0.3 is 10.0 Å². The summed E-state index contributed by atoms with van der Waals surface area (Å²) in [5.41, 5.74) is 1.99. The van der Waals surface area contributed by atoms with E-state index in [-0.39, 0.29) is 5.69 Å². The predicted octanol–water partition coefficient (Wildman–Crippen LogP) is 2.02. The predicted molar refractivity (Wildman–Crippen MR) is 79.0 cm³/mol. The number of aliphatic hydroxyl groups excluding tert-OH is 1. The Labute approximate surface area is 122 Å². The third-order valence-corrected chi connectivity index (χ3v) is 3.27. The Balaban J connectivity index is 2.31. The lowest BCUT2D eigenvalue weighted by Gasteiger charge is -2.19. The zero-order valence-electron chi connectivity index (χ0n) is 12.2. The third kappa shape index (κ3) is 3.38. The number of nitro benzene ring substituents is 1. The van der Waals surface area contributed by atoms with Crippen molar-refractivity contribution in [2.45, 2.75) is 19.6 Å². The molecule has 2 aromatic rings. The van der Waals surface area contributed by atoms with Crippen LogP contribution in [0.2, 0.25) is 0 Å². The summed E-state index contributed by atoms with van der Waals surface area (Å²) in [4.78, 5) is 12.6. The van der Waals surface area contributed by atoms with E-state index in [1.54, 1.807) is 41.9 Å². The molecule has 1 aromatic carbocycles. The fraction of sp³-hybridized carbons (Fsp3) is 0.357. The van der Waals surface area contributed by atoms with Gasteiger partial charge in [-0.1, -0.05) is 6.07 Å². The highest BCUT2D eigenvalue weighted by Crippen LogP contribution is 2.31. The molecule has 0 fully saturated rings. The molecule has 1 aromatic heterocycles. The number of nitro groups is 1. The van der Waals surface area contributed by atoms with Crippen LogP contribution in [0.25, 0.3) is 0 Å². The van der Waals surface area contributed by atoms with E-state index in [1.807, 2.05) is 13.2 Å². The Morgan fingerprint density at radius 2 is 2.24 bits per heavy atom. The van der Waals surface area contributed by atoms with Crippen LogP contribution in [0.5, 0.6) is 0 Å². The first-order valence-electron chi connectivity index (χ1n) is 6.53. The Kier molecular flexibility index (Phi) is 4.23. The molecule has 0 aliphatic rings. The maximum Gasteiger partial charge on any atom is 0.292 e. The van der Waals surface area contributed by atoms with Gasteiger partial charge in [-0.2, -0.15) is 5.10 Å². The van der Waals surface area contributed by atoms with Gasteiger partial charge >= 0.3 is 0 Å². The van der Waals surface area contributed by atoms with Gasteiger partial charge in [0.05, 0.1) is 17.2 Å². The van der Waals surface area contributed by atoms with E-state index >= 15 is 0 Å². The first-order valence-corrected chi connectivity index (χ1v) is 6.53. The average molecular weight is 290 g/mol. The van der Waals surface area contributed by atoms with Crippen LogP contribution in [0.1, 0.15) is 24.2 Å². The highest BCUT2D eigenvalue weighted by atomic mass is 16.6. The SMILES string of the molecule is C[C@H](O)c1ccc(N(C)Cc2cnn(C)c2)c([N+](=O)[O-])c1. The van der Waals surface area contributed by atoms with E-state index in [9.17, 15) is 15.2 Å². The average Bonchev–Trinajstić information content (AvgIpc) is 2.83. The molecule has 0 saturated carbocycles. The van der Waals surface area contributed by atoms with Gasteiger partial charge in [-0.25, -0.2) is 0 Å². The van der Waals surface area contributed by atoms with Crippen LogP contribution in [0, 0.1) is 10.1 Å². The fourth-order valence-corrected chi connectivity index (χ4v) is 2.18. The molecule has 0 amide bonds. The van der Waals surface area contributed by atoms with E-state index in [2.05, 4.69) is 5.10 Å². The van der Waals surface area contributed by atoms with Crippen molar-refractivity contribution < 1.29 is 10.0 Å². The van der Waals surface area contributed by atoms with E-state index in [1.165, 1.54) is 6.07 Å². The van der Waals surface area contributed by atoms with E-state index < -0.39 is 11.0 Å². The van der Waals surface area contributed by atoms with Crippen LogP contribution < -0.4 is 4.90 Å². The molecule has 1 heterocycles. The summed E-state index contributed by atoms with van der Waals surface area (Å²) in [6.45, 7) is 2.10. The number of aromatic nitrogens is 2. The Hall–Kier alpha value is -2.41. The zero-order valence-corrected chi connectivity index (χ0v) is 12.2. The fourth-order valence-electron chi connectivity index (χ4n) is 2.18. The standard InChI is InChI=1S/C14H18N4O3/c1-10(19)12-4-5-13(14(6-12)18(20)21)16(2)8-11-7-15-17(3)9-11/h4-7,9-10,19H,8H2,1-3H3/t10-/m0/s1. The number of rotatable bonds is 5. The van der Waals surface area contributed by atoms with Crippen molar-refractivity contribution in [1.82, 2.24) is 9.78 Å². The number of aliphatic hydroxyl groups is 1. The third-order valence-electron chi connectivity index (χ3n) is 3.27. The molecule has 1 atom stereocenters. The van der Waals surface area contributed by atoms with Crippen molar-refractivity contribution in [3.8, 4) is 0 Å². The molecule has 0 bridgehead atoms. The van der Waals surface area contributed by atoms with Crippen molar-refractivity contribution in [2.24, 2.45) is 7.05 Å². The second-order valence-electron chi connectivity index (χ2n) is 5.06. The van der Waals surface area contributed by atoms with Gasteiger partial charge in [0, 0.05) is 38.5 Å². The molecule has 0 aliphatic carbocycles. The van der Waals surface area contributed by atoms with Crippen LogP contribution in [-0.4, -0.2) is 26.9 Å². The van der Waals surface area contributed by atoms with Crippen molar-refractivity contribution in [3.05, 3.63) is 51.8 Å². The summed E-state index contributed by atoms with van der Waals surface area (Å²) in [7, 11) is 3.61. The van der Waals surface area contributed by atoms with Gasteiger partial charge in [-0.05, 0) is 18.6 Å². The van der Waals surface area contributed by atoms with Gasteiger partial charge in [0.25, 0.3) is 5.69 Å². The maximum absolute atomic E-state index is 11.2. The molecule has 7 heteroatoms. The van der Waals surface area contributed by atoms with Crippen molar-refractivity contribution in [1.29, 1.82) is 0 Å². The lowest BCUT2D eigenvalue weighted by Crippen LogP contribution is -2.17. The summed E-state index contributed by atoms with van der Waals surface area (Å²) >= 11 is 0. The van der Waals surface area contributed by atoms with E-state index in [0.717, 1.165) is 5.56 Å². The van der Waals surface area contributed by atoms with Crippen LogP contribution in [-0.2, 0) is 13.6 Å². The molecule has 1 N–H and O–H groups in total. The quantitative estimate of drug-likeness (QED) is 0.672. The monoisotopic (exact) mass is 290 g/mol. The molecule has 2 rings (SSSR count). The topological polar surface area (TPSA) is 84.4 Å². The molecule has 0 unspecified atom stereocenters. The second kappa shape index (κ2) is 5.92. The molecule has 21 heavy (non-hydrogen) atoms. The number of hydrogen-bond donors (Lipinski definition) is 1. The smallest absolute Gasteiger partial charge is 0.292 e. The van der Waals surface area contributed by atoms with Crippen molar-refractivity contribution >= 4 is 11.4 Å². The molecule has 7 nitrogen and oxygen atoms in total. The molecule has 0 saturated heterocycles. The Bertz CT molecular complexity index is 651. The highest BCUT2D eigenvalue weighted by molar-refractivity contribution is 5.64. The van der Waals surface area contributed by atoms with Gasteiger partial charge in [-0.15, -0.1) is 0 Å². The number of hydrogen-bond acceptors (Lipinski definition) is 5. The summed E-state index contributed by atoms with van der Waals surface area (Å²) < 4.78 is 1.69. The largest absolute Gasteiger partial charge is 0.389 e. The van der Waals surface area contributed by atoms with Crippen LogP contribution >= 0.6 is 0 Å². The first kappa shape index (κ1) is 15.0. The van der Waals surface area contributed by atoms with E-state index in [0.29, 0.717) is 17.8 Å². The number of benzene rings is 1. The summed E-state index contributed by atoms with van der Waals surface area (Å²) in [6.07, 6.45) is 2.86.